The topological polar surface area (TPSA) is 131 Å². The van der Waals surface area contributed by atoms with Gasteiger partial charge in [-0.1, -0.05) is 19.9 Å². The van der Waals surface area contributed by atoms with Gasteiger partial charge < -0.3 is 20.7 Å². The zero-order chi connectivity index (χ0) is 17.7. The highest BCUT2D eigenvalue weighted by molar-refractivity contribution is 5.89. The molecule has 1 aromatic heterocycles. The molecule has 0 radical (unpaired) electrons. The van der Waals surface area contributed by atoms with E-state index in [4.69, 9.17) is 10.8 Å². The van der Waals surface area contributed by atoms with Crippen LogP contribution >= 0.6 is 0 Å². The summed E-state index contributed by atoms with van der Waals surface area (Å²) in [5.74, 6) is -3.12. The average molecular weight is 323 g/mol. The smallest absolute Gasteiger partial charge is 0.326 e. The quantitative estimate of drug-likeness (QED) is 0.639. The largest absolute Gasteiger partial charge is 0.480 e. The van der Waals surface area contributed by atoms with Crippen LogP contribution in [0.4, 0.5) is 0 Å². The molecule has 0 spiro atoms. The number of primary amides is 1. The van der Waals surface area contributed by atoms with E-state index < -0.39 is 36.3 Å². The number of carbonyl (C=O) groups is 3. The Balaban J connectivity index is 3.13. The second kappa shape index (κ2) is 7.57. The number of pyridine rings is 1. The van der Waals surface area contributed by atoms with E-state index in [0.29, 0.717) is 5.56 Å². The van der Waals surface area contributed by atoms with Crippen LogP contribution in [0.15, 0.2) is 23.1 Å². The molecule has 1 aromatic rings. The summed E-state index contributed by atoms with van der Waals surface area (Å²) in [6, 6.07) is 0.942. The number of nitrogens with two attached hydrogens (primary N) is 1. The SMILES string of the molecule is Cc1cccn(C(C(=O)NC(CC(N)=O)C(=O)O)C(C)C)c1=O. The zero-order valence-corrected chi connectivity index (χ0v) is 13.3. The van der Waals surface area contributed by atoms with Crippen LogP contribution in [0.5, 0.6) is 0 Å². The van der Waals surface area contributed by atoms with E-state index in [-0.39, 0.29) is 11.5 Å². The van der Waals surface area contributed by atoms with Crippen LogP contribution in [0, 0.1) is 12.8 Å². The summed E-state index contributed by atoms with van der Waals surface area (Å²) >= 11 is 0. The van der Waals surface area contributed by atoms with Crippen LogP contribution < -0.4 is 16.6 Å². The summed E-state index contributed by atoms with van der Waals surface area (Å²) in [5, 5.41) is 11.3. The lowest BCUT2D eigenvalue weighted by Crippen LogP contribution is -2.48. The molecular weight excluding hydrogens is 302 g/mol. The van der Waals surface area contributed by atoms with Crippen molar-refractivity contribution in [2.24, 2.45) is 11.7 Å². The summed E-state index contributed by atoms with van der Waals surface area (Å²) in [4.78, 5) is 46.7. The van der Waals surface area contributed by atoms with Gasteiger partial charge in [-0.3, -0.25) is 14.4 Å². The molecule has 2 atom stereocenters. The van der Waals surface area contributed by atoms with Crippen LogP contribution in [-0.2, 0) is 14.4 Å². The predicted molar refractivity (Wildman–Crippen MR) is 82.7 cm³/mol. The number of nitrogens with zero attached hydrogens (tertiary/aromatic N) is 1. The lowest BCUT2D eigenvalue weighted by Gasteiger charge is -2.24. The van der Waals surface area contributed by atoms with Crippen molar-refractivity contribution in [3.63, 3.8) is 0 Å². The number of carboxylic acids is 1. The van der Waals surface area contributed by atoms with Gasteiger partial charge in [0.15, 0.2) is 0 Å². The van der Waals surface area contributed by atoms with Crippen LogP contribution in [-0.4, -0.2) is 33.5 Å². The minimum Gasteiger partial charge on any atom is -0.480 e. The summed E-state index contributed by atoms with van der Waals surface area (Å²) in [6.07, 6.45) is 0.956. The Hall–Kier alpha value is -2.64. The van der Waals surface area contributed by atoms with Crippen molar-refractivity contribution < 1.29 is 19.5 Å². The van der Waals surface area contributed by atoms with Crippen LogP contribution in [0.2, 0.25) is 0 Å². The molecule has 0 aliphatic rings. The van der Waals surface area contributed by atoms with Crippen molar-refractivity contribution in [2.75, 3.05) is 0 Å². The van der Waals surface area contributed by atoms with Crippen molar-refractivity contribution in [3.05, 3.63) is 34.2 Å². The molecule has 23 heavy (non-hydrogen) atoms. The molecular formula is C15H21N3O5. The van der Waals surface area contributed by atoms with Crippen molar-refractivity contribution in [1.29, 1.82) is 0 Å². The third-order valence-corrected chi connectivity index (χ3v) is 3.38. The highest BCUT2D eigenvalue weighted by atomic mass is 16.4. The fraction of sp³-hybridized carbons (Fsp3) is 0.467. The molecule has 0 saturated carbocycles. The molecule has 8 nitrogen and oxygen atoms in total. The number of aliphatic carboxylic acids is 1. The minimum absolute atomic E-state index is 0.266. The number of hydrogen-bond donors (Lipinski definition) is 3. The number of aryl methyl sites for hydroxylation is 1. The molecule has 4 N–H and O–H groups in total. The van der Waals surface area contributed by atoms with Gasteiger partial charge in [0.05, 0.1) is 6.42 Å². The lowest BCUT2D eigenvalue weighted by atomic mass is 10.0. The number of hydrogen-bond acceptors (Lipinski definition) is 4. The molecule has 0 bridgehead atoms. The van der Waals surface area contributed by atoms with Gasteiger partial charge in [-0.25, -0.2) is 4.79 Å². The van der Waals surface area contributed by atoms with Gasteiger partial charge in [0.2, 0.25) is 11.8 Å². The van der Waals surface area contributed by atoms with Crippen molar-refractivity contribution in [2.45, 2.75) is 39.3 Å². The number of carbonyl (C=O) groups excluding carboxylic acids is 2. The van der Waals surface area contributed by atoms with Crippen molar-refractivity contribution in [1.82, 2.24) is 9.88 Å². The fourth-order valence-corrected chi connectivity index (χ4v) is 2.25. The third kappa shape index (κ3) is 4.67. The molecule has 0 fully saturated rings. The van der Waals surface area contributed by atoms with E-state index in [1.165, 1.54) is 10.8 Å². The van der Waals surface area contributed by atoms with Gasteiger partial charge in [0, 0.05) is 11.8 Å². The first-order valence-corrected chi connectivity index (χ1v) is 7.14. The summed E-state index contributed by atoms with van der Waals surface area (Å²) in [6.45, 7) is 5.10. The Morgan fingerprint density at radius 3 is 2.43 bits per heavy atom. The molecule has 2 unspecified atom stereocenters. The Labute approximate surface area is 133 Å². The normalized spacial score (nSPS) is 13.4. The molecule has 1 rings (SSSR count). The Morgan fingerprint density at radius 1 is 1.35 bits per heavy atom. The van der Waals surface area contributed by atoms with Gasteiger partial charge >= 0.3 is 5.97 Å². The number of rotatable bonds is 7. The maximum Gasteiger partial charge on any atom is 0.326 e. The fourth-order valence-electron chi connectivity index (χ4n) is 2.25. The highest BCUT2D eigenvalue weighted by Gasteiger charge is 2.30. The van der Waals surface area contributed by atoms with Crippen LogP contribution in [0.3, 0.4) is 0 Å². The van der Waals surface area contributed by atoms with E-state index in [1.54, 1.807) is 32.9 Å². The second-order valence-corrected chi connectivity index (χ2v) is 5.66. The Bertz CT molecular complexity index is 665. The van der Waals surface area contributed by atoms with Crippen LogP contribution in [0.25, 0.3) is 0 Å². The Kier molecular flexibility index (Phi) is 6.06. The monoisotopic (exact) mass is 323 g/mol. The van der Waals surface area contributed by atoms with Crippen molar-refractivity contribution >= 4 is 17.8 Å². The summed E-state index contributed by atoms with van der Waals surface area (Å²) < 4.78 is 1.26. The lowest BCUT2D eigenvalue weighted by molar-refractivity contribution is -0.144. The molecule has 1 heterocycles. The first kappa shape index (κ1) is 18.4. The third-order valence-electron chi connectivity index (χ3n) is 3.38. The standard InChI is InChI=1S/C15H21N3O5/c1-8(2)12(18-6-4-5-9(3)14(18)21)13(20)17-10(15(22)23)7-11(16)19/h4-6,8,10,12H,7H2,1-3H3,(H2,16,19)(H,17,20)(H,22,23). The predicted octanol–water partition coefficient (Wildman–Crippen LogP) is -0.201. The molecule has 0 aliphatic heterocycles. The van der Waals surface area contributed by atoms with Gasteiger partial charge in [-0.15, -0.1) is 0 Å². The van der Waals surface area contributed by atoms with E-state index in [9.17, 15) is 19.2 Å². The number of amides is 2. The van der Waals surface area contributed by atoms with Gasteiger partial charge in [0.1, 0.15) is 12.1 Å². The molecule has 2 amide bonds. The highest BCUT2D eigenvalue weighted by Crippen LogP contribution is 2.17. The summed E-state index contributed by atoms with van der Waals surface area (Å²) in [5.41, 5.74) is 5.13. The van der Waals surface area contributed by atoms with Crippen LogP contribution in [0.1, 0.15) is 31.9 Å². The van der Waals surface area contributed by atoms with Gasteiger partial charge in [0.25, 0.3) is 5.56 Å². The molecule has 8 heteroatoms. The van der Waals surface area contributed by atoms with Crippen molar-refractivity contribution in [3.8, 4) is 0 Å². The number of aromatic nitrogens is 1. The second-order valence-electron chi connectivity index (χ2n) is 5.66. The maximum absolute atomic E-state index is 12.5. The number of carboxylic acid groups (broad SMARTS) is 1. The van der Waals surface area contributed by atoms with E-state index in [2.05, 4.69) is 5.32 Å². The van der Waals surface area contributed by atoms with E-state index in [0.717, 1.165) is 0 Å². The average Bonchev–Trinajstić information content (AvgIpc) is 2.42. The van der Waals surface area contributed by atoms with E-state index >= 15 is 0 Å². The van der Waals surface area contributed by atoms with E-state index in [1.807, 2.05) is 0 Å². The number of nitrogens with one attached hydrogen (secondary N) is 1. The minimum atomic E-state index is -1.43. The van der Waals surface area contributed by atoms with Gasteiger partial charge in [-0.2, -0.15) is 0 Å². The first-order chi connectivity index (χ1) is 10.6. The maximum atomic E-state index is 12.5. The molecule has 0 aromatic carbocycles. The first-order valence-electron chi connectivity index (χ1n) is 7.14. The molecule has 126 valence electrons. The Morgan fingerprint density at radius 2 is 1.96 bits per heavy atom. The molecule has 0 saturated heterocycles. The summed E-state index contributed by atoms with van der Waals surface area (Å²) in [7, 11) is 0. The molecule has 0 aliphatic carbocycles. The zero-order valence-electron chi connectivity index (χ0n) is 13.3. The van der Waals surface area contributed by atoms with Gasteiger partial charge in [-0.05, 0) is 18.9 Å².